The Kier molecular flexibility index (Phi) is 5.11. The van der Waals surface area contributed by atoms with Gasteiger partial charge in [-0.2, -0.15) is 0 Å². The largest absolute Gasteiger partial charge is 0.496 e. The highest BCUT2D eigenvalue weighted by atomic mass is 35.5. The molecule has 7 heteroatoms. The number of carboxylic acids is 1. The third kappa shape index (κ3) is 3.12. The second kappa shape index (κ2) is 6.57. The predicted octanol–water partition coefficient (Wildman–Crippen LogP) is 3.57. The normalized spacial score (nSPS) is 20.9. The van der Waals surface area contributed by atoms with Crippen molar-refractivity contribution in [2.45, 2.75) is 20.3 Å². The second-order valence-corrected chi connectivity index (χ2v) is 6.87. The molecule has 0 bridgehead atoms. The molecule has 126 valence electrons. The Bertz CT molecular complexity index is 647. The maximum atomic E-state index is 12.8. The van der Waals surface area contributed by atoms with Gasteiger partial charge in [-0.3, -0.25) is 9.59 Å². The van der Waals surface area contributed by atoms with E-state index in [1.165, 1.54) is 24.1 Å². The van der Waals surface area contributed by atoms with Crippen LogP contribution < -0.4 is 4.74 Å². The second-order valence-electron chi connectivity index (χ2n) is 6.06. The van der Waals surface area contributed by atoms with Crippen molar-refractivity contribution in [1.29, 1.82) is 0 Å². The number of carbonyl (C=O) groups is 2. The molecular weight excluding hydrogens is 341 g/mol. The lowest BCUT2D eigenvalue weighted by Gasteiger charge is -2.28. The Balaban J connectivity index is 2.33. The van der Waals surface area contributed by atoms with E-state index >= 15 is 0 Å². The van der Waals surface area contributed by atoms with Crippen molar-refractivity contribution in [2.24, 2.45) is 11.3 Å². The molecule has 0 aromatic heterocycles. The summed E-state index contributed by atoms with van der Waals surface area (Å²) in [5.74, 6) is -0.927. The Morgan fingerprint density at radius 3 is 2.39 bits per heavy atom. The molecule has 5 nitrogen and oxygen atoms in total. The van der Waals surface area contributed by atoms with Gasteiger partial charge in [0.1, 0.15) is 5.75 Å². The topological polar surface area (TPSA) is 66.8 Å². The summed E-state index contributed by atoms with van der Waals surface area (Å²) in [6.07, 6.45) is 0.426. The van der Waals surface area contributed by atoms with Crippen LogP contribution in [-0.4, -0.2) is 42.1 Å². The molecule has 1 aromatic rings. The van der Waals surface area contributed by atoms with Crippen molar-refractivity contribution < 1.29 is 19.4 Å². The molecule has 1 aliphatic rings. The molecule has 1 amide bonds. The van der Waals surface area contributed by atoms with E-state index in [2.05, 4.69) is 0 Å². The fourth-order valence-electron chi connectivity index (χ4n) is 2.93. The molecule has 1 unspecified atom stereocenters. The highest BCUT2D eigenvalue weighted by molar-refractivity contribution is 6.42. The van der Waals surface area contributed by atoms with Crippen LogP contribution in [0.4, 0.5) is 0 Å². The maximum absolute atomic E-state index is 12.8. The van der Waals surface area contributed by atoms with Gasteiger partial charge in [0, 0.05) is 19.2 Å². The Morgan fingerprint density at radius 2 is 1.91 bits per heavy atom. The van der Waals surface area contributed by atoms with Crippen LogP contribution in [-0.2, 0) is 4.79 Å². The molecule has 0 radical (unpaired) electrons. The van der Waals surface area contributed by atoms with Crippen molar-refractivity contribution in [3.8, 4) is 5.75 Å². The molecule has 23 heavy (non-hydrogen) atoms. The number of benzene rings is 1. The number of aliphatic carboxylic acids is 1. The summed E-state index contributed by atoms with van der Waals surface area (Å²) in [4.78, 5) is 26.0. The molecule has 1 aromatic carbocycles. The van der Waals surface area contributed by atoms with Gasteiger partial charge < -0.3 is 14.7 Å². The number of carbonyl (C=O) groups excluding carboxylic acids is 1. The van der Waals surface area contributed by atoms with Crippen LogP contribution in [0.25, 0.3) is 0 Å². The first-order chi connectivity index (χ1) is 10.7. The van der Waals surface area contributed by atoms with Gasteiger partial charge in [-0.25, -0.2) is 0 Å². The molecule has 1 atom stereocenters. The minimum absolute atomic E-state index is 0.0755. The number of methoxy groups -OCH3 is 1. The SMILES string of the molecule is COc1cc(Cl)c(Cl)cc1C(=O)N1CCC(C(=O)O)(C(C)C)C1. The molecule has 1 aliphatic heterocycles. The van der Waals surface area contributed by atoms with Gasteiger partial charge in [-0.1, -0.05) is 37.0 Å². The number of ether oxygens (including phenoxy) is 1. The Morgan fingerprint density at radius 1 is 1.30 bits per heavy atom. The van der Waals surface area contributed by atoms with Crippen molar-refractivity contribution in [3.05, 3.63) is 27.7 Å². The van der Waals surface area contributed by atoms with Crippen LogP contribution in [0.2, 0.25) is 10.0 Å². The summed E-state index contributed by atoms with van der Waals surface area (Å²) < 4.78 is 5.20. The molecule has 1 N–H and O–H groups in total. The number of hydrogen-bond donors (Lipinski definition) is 1. The lowest BCUT2D eigenvalue weighted by Crippen LogP contribution is -2.40. The van der Waals surface area contributed by atoms with Crippen LogP contribution in [0.15, 0.2) is 12.1 Å². The molecule has 1 saturated heterocycles. The van der Waals surface area contributed by atoms with Crippen LogP contribution in [0.5, 0.6) is 5.75 Å². The van der Waals surface area contributed by atoms with Crippen molar-refractivity contribution in [2.75, 3.05) is 20.2 Å². The van der Waals surface area contributed by atoms with E-state index in [0.29, 0.717) is 23.7 Å². The number of carboxylic acid groups (broad SMARTS) is 1. The fraction of sp³-hybridized carbons (Fsp3) is 0.500. The zero-order valence-corrected chi connectivity index (χ0v) is 14.7. The average molecular weight is 360 g/mol. The fourth-order valence-corrected chi connectivity index (χ4v) is 3.25. The van der Waals surface area contributed by atoms with Gasteiger partial charge in [0.05, 0.1) is 28.1 Å². The number of halogens is 2. The van der Waals surface area contributed by atoms with Gasteiger partial charge in [0.2, 0.25) is 0 Å². The highest BCUT2D eigenvalue weighted by Crippen LogP contribution is 2.40. The summed E-state index contributed by atoms with van der Waals surface area (Å²) in [5, 5.41) is 10.1. The van der Waals surface area contributed by atoms with Crippen LogP contribution >= 0.6 is 23.2 Å². The van der Waals surface area contributed by atoms with Gasteiger partial charge >= 0.3 is 5.97 Å². The van der Waals surface area contributed by atoms with Gasteiger partial charge in [-0.05, 0) is 18.4 Å². The van der Waals surface area contributed by atoms with Crippen LogP contribution in [0.3, 0.4) is 0 Å². The van der Waals surface area contributed by atoms with Gasteiger partial charge in [0.25, 0.3) is 5.91 Å². The summed E-state index contributed by atoms with van der Waals surface area (Å²) in [6, 6.07) is 2.95. The van der Waals surface area contributed by atoms with E-state index in [9.17, 15) is 14.7 Å². The molecular formula is C16H19Cl2NO4. The van der Waals surface area contributed by atoms with Gasteiger partial charge in [0.15, 0.2) is 0 Å². The van der Waals surface area contributed by atoms with E-state index in [1.54, 1.807) is 0 Å². The Hall–Kier alpha value is -1.46. The van der Waals surface area contributed by atoms with E-state index in [1.807, 2.05) is 13.8 Å². The lowest BCUT2D eigenvalue weighted by molar-refractivity contribution is -0.150. The van der Waals surface area contributed by atoms with E-state index in [-0.39, 0.29) is 29.0 Å². The first-order valence-electron chi connectivity index (χ1n) is 7.28. The molecule has 0 saturated carbocycles. The minimum atomic E-state index is -0.918. The predicted molar refractivity (Wildman–Crippen MR) is 88.4 cm³/mol. The smallest absolute Gasteiger partial charge is 0.311 e. The summed E-state index contributed by atoms with van der Waals surface area (Å²) >= 11 is 11.9. The highest BCUT2D eigenvalue weighted by Gasteiger charge is 2.48. The Labute approximate surface area is 145 Å². The zero-order valence-electron chi connectivity index (χ0n) is 13.2. The summed E-state index contributed by atoms with van der Waals surface area (Å²) in [7, 11) is 1.44. The molecule has 1 fully saturated rings. The third-order valence-corrected chi connectivity index (χ3v) is 5.31. The first-order valence-corrected chi connectivity index (χ1v) is 8.04. The third-order valence-electron chi connectivity index (χ3n) is 4.59. The van der Waals surface area contributed by atoms with Crippen molar-refractivity contribution in [3.63, 3.8) is 0 Å². The van der Waals surface area contributed by atoms with Crippen LogP contribution in [0, 0.1) is 11.3 Å². The quantitative estimate of drug-likeness (QED) is 0.891. The molecule has 2 rings (SSSR count). The van der Waals surface area contributed by atoms with Gasteiger partial charge in [-0.15, -0.1) is 0 Å². The van der Waals surface area contributed by atoms with E-state index < -0.39 is 11.4 Å². The lowest BCUT2D eigenvalue weighted by atomic mass is 9.76. The van der Waals surface area contributed by atoms with Crippen molar-refractivity contribution in [1.82, 2.24) is 4.90 Å². The van der Waals surface area contributed by atoms with E-state index in [0.717, 1.165) is 0 Å². The first kappa shape index (κ1) is 17.9. The summed E-state index contributed by atoms with van der Waals surface area (Å²) in [6.45, 7) is 4.28. The average Bonchev–Trinajstić information content (AvgIpc) is 2.95. The molecule has 1 heterocycles. The standard InChI is InChI=1S/C16H19Cl2NO4/c1-9(2)16(15(21)22)4-5-19(8-16)14(20)10-6-11(17)12(18)7-13(10)23-3/h6-7,9H,4-5,8H2,1-3H3,(H,21,22). The summed E-state index contributed by atoms with van der Waals surface area (Å²) in [5.41, 5.74) is -0.633. The number of likely N-dealkylation sites (tertiary alicyclic amines) is 1. The number of rotatable bonds is 4. The minimum Gasteiger partial charge on any atom is -0.496 e. The molecule has 0 spiro atoms. The maximum Gasteiger partial charge on any atom is 0.311 e. The number of amides is 1. The zero-order chi connectivity index (χ0) is 17.4. The van der Waals surface area contributed by atoms with Crippen molar-refractivity contribution >= 4 is 35.1 Å². The van der Waals surface area contributed by atoms with E-state index in [4.69, 9.17) is 27.9 Å². The monoisotopic (exact) mass is 359 g/mol. The number of hydrogen-bond acceptors (Lipinski definition) is 3. The van der Waals surface area contributed by atoms with Crippen LogP contribution in [0.1, 0.15) is 30.6 Å². The molecule has 0 aliphatic carbocycles. The number of nitrogens with zero attached hydrogens (tertiary/aromatic N) is 1.